The van der Waals surface area contributed by atoms with Crippen LogP contribution in [-0.4, -0.2) is 16.9 Å². The Morgan fingerprint density at radius 1 is 0.737 bits per heavy atom. The summed E-state index contributed by atoms with van der Waals surface area (Å²) >= 11 is 0. The zero-order valence-electron chi connectivity index (χ0n) is 13.0. The van der Waals surface area contributed by atoms with Crippen LogP contribution in [0.15, 0.2) is 0 Å². The van der Waals surface area contributed by atoms with Gasteiger partial charge >= 0.3 is 5.97 Å². The van der Waals surface area contributed by atoms with Crippen LogP contribution in [0, 0.1) is 0 Å². The average molecular weight is 272 g/mol. The van der Waals surface area contributed by atoms with E-state index >= 15 is 0 Å². The number of ketones is 1. The number of hydrogen-bond acceptors (Lipinski definition) is 2. The number of hydrogen-bond donors (Lipinski definition) is 1. The third kappa shape index (κ3) is 26.7. The van der Waals surface area contributed by atoms with E-state index in [9.17, 15) is 9.59 Å². The van der Waals surface area contributed by atoms with E-state index in [2.05, 4.69) is 13.8 Å². The second-order valence-electron chi connectivity index (χ2n) is 5.10. The number of carboxylic acid groups (broad SMARTS) is 1. The third-order valence-corrected chi connectivity index (χ3v) is 2.86. The van der Waals surface area contributed by atoms with Crippen LogP contribution in [0.4, 0.5) is 0 Å². The van der Waals surface area contributed by atoms with Gasteiger partial charge in [-0.25, -0.2) is 0 Å². The summed E-state index contributed by atoms with van der Waals surface area (Å²) in [7, 11) is 0. The van der Waals surface area contributed by atoms with Gasteiger partial charge in [0.15, 0.2) is 0 Å². The molecule has 3 nitrogen and oxygen atoms in total. The lowest BCUT2D eigenvalue weighted by molar-refractivity contribution is -0.139. The fourth-order valence-electron chi connectivity index (χ4n) is 1.77. The minimum Gasteiger partial charge on any atom is -0.481 e. The Kier molecular flexibility index (Phi) is 18.5. The molecule has 0 unspecified atom stereocenters. The lowest BCUT2D eigenvalue weighted by Crippen LogP contribution is -2.00. The van der Waals surface area contributed by atoms with Crippen molar-refractivity contribution in [1.82, 2.24) is 0 Å². The third-order valence-electron chi connectivity index (χ3n) is 2.86. The van der Waals surface area contributed by atoms with Gasteiger partial charge in [-0.05, 0) is 6.92 Å². The summed E-state index contributed by atoms with van der Waals surface area (Å²) in [4.78, 5) is 19.5. The predicted octanol–water partition coefficient (Wildman–Crippen LogP) is 4.98. The quantitative estimate of drug-likeness (QED) is 0.426. The van der Waals surface area contributed by atoms with Crippen LogP contribution in [0.3, 0.4) is 0 Å². The molecule has 114 valence electrons. The first-order chi connectivity index (χ1) is 9.04. The standard InChI is InChI=1S/C12H26.C4H6O3/c1-3-5-7-9-11-12-10-8-6-4-2;1-3(5)2-4(6)7/h3-12H2,1-2H3;2H2,1H3,(H,6,7). The van der Waals surface area contributed by atoms with E-state index in [-0.39, 0.29) is 12.2 Å². The molecule has 0 fully saturated rings. The molecule has 0 bridgehead atoms. The van der Waals surface area contributed by atoms with E-state index < -0.39 is 5.97 Å². The number of rotatable bonds is 11. The molecule has 0 saturated heterocycles. The van der Waals surface area contributed by atoms with Gasteiger partial charge < -0.3 is 5.11 Å². The predicted molar refractivity (Wildman–Crippen MR) is 80.5 cm³/mol. The number of aliphatic carboxylic acids is 1. The molecule has 0 aromatic carbocycles. The maximum atomic E-state index is 9.87. The first-order valence-corrected chi connectivity index (χ1v) is 7.75. The maximum Gasteiger partial charge on any atom is 0.310 e. The van der Waals surface area contributed by atoms with Gasteiger partial charge in [0.25, 0.3) is 0 Å². The number of Topliss-reactive ketones (excluding diaryl/α,β-unsaturated/α-hetero) is 1. The van der Waals surface area contributed by atoms with Crippen LogP contribution >= 0.6 is 0 Å². The molecular formula is C16H32O3. The summed E-state index contributed by atoms with van der Waals surface area (Å²) in [5, 5.41) is 7.86. The van der Waals surface area contributed by atoms with Gasteiger partial charge in [-0.3, -0.25) is 9.59 Å². The summed E-state index contributed by atoms with van der Waals surface area (Å²) in [5.74, 6) is -1.37. The molecule has 0 spiro atoms. The van der Waals surface area contributed by atoms with Gasteiger partial charge in [-0.15, -0.1) is 0 Å². The summed E-state index contributed by atoms with van der Waals surface area (Å²) in [6.07, 6.45) is 14.1. The molecule has 0 aliphatic heterocycles. The number of carbonyl (C=O) groups is 2. The molecule has 0 aromatic heterocycles. The molecule has 0 rings (SSSR count). The van der Waals surface area contributed by atoms with Crippen molar-refractivity contribution in [1.29, 1.82) is 0 Å². The van der Waals surface area contributed by atoms with Gasteiger partial charge in [0.1, 0.15) is 12.2 Å². The minimum atomic E-state index is -1.06. The van der Waals surface area contributed by atoms with Gasteiger partial charge in [-0.2, -0.15) is 0 Å². The molecule has 0 heterocycles. The smallest absolute Gasteiger partial charge is 0.310 e. The highest BCUT2D eigenvalue weighted by molar-refractivity contribution is 5.93. The number of carboxylic acids is 1. The Labute approximate surface area is 118 Å². The van der Waals surface area contributed by atoms with E-state index in [1.54, 1.807) is 0 Å². The SMILES string of the molecule is CC(=O)CC(=O)O.CCCCCCCCCCCC. The lowest BCUT2D eigenvalue weighted by atomic mass is 10.1. The fourth-order valence-corrected chi connectivity index (χ4v) is 1.77. The Morgan fingerprint density at radius 3 is 1.21 bits per heavy atom. The van der Waals surface area contributed by atoms with Gasteiger partial charge in [0.05, 0.1) is 0 Å². The zero-order chi connectivity index (χ0) is 14.9. The second kappa shape index (κ2) is 17.1. The zero-order valence-corrected chi connectivity index (χ0v) is 13.0. The summed E-state index contributed by atoms with van der Waals surface area (Å²) in [6.45, 7) is 5.80. The van der Waals surface area contributed by atoms with Crippen molar-refractivity contribution < 1.29 is 14.7 Å². The van der Waals surface area contributed by atoms with Gasteiger partial charge in [0.2, 0.25) is 0 Å². The molecular weight excluding hydrogens is 240 g/mol. The molecule has 0 aliphatic rings. The van der Waals surface area contributed by atoms with Crippen LogP contribution in [0.25, 0.3) is 0 Å². The molecule has 1 N–H and O–H groups in total. The monoisotopic (exact) mass is 272 g/mol. The molecule has 19 heavy (non-hydrogen) atoms. The van der Waals surface area contributed by atoms with Crippen LogP contribution in [-0.2, 0) is 9.59 Å². The summed E-state index contributed by atoms with van der Waals surface area (Å²) in [5.41, 5.74) is 0. The second-order valence-corrected chi connectivity index (χ2v) is 5.10. The Balaban J connectivity index is 0. The van der Waals surface area contributed by atoms with Gasteiger partial charge in [-0.1, -0.05) is 78.1 Å². The van der Waals surface area contributed by atoms with E-state index in [4.69, 9.17) is 5.11 Å². The lowest BCUT2D eigenvalue weighted by Gasteiger charge is -1.99. The topological polar surface area (TPSA) is 54.4 Å². The van der Waals surface area contributed by atoms with Crippen LogP contribution in [0.5, 0.6) is 0 Å². The van der Waals surface area contributed by atoms with Crippen molar-refractivity contribution in [2.24, 2.45) is 0 Å². The van der Waals surface area contributed by atoms with Crippen molar-refractivity contribution in [3.63, 3.8) is 0 Å². The molecule has 0 atom stereocenters. The van der Waals surface area contributed by atoms with Crippen LogP contribution < -0.4 is 0 Å². The highest BCUT2D eigenvalue weighted by Gasteiger charge is 1.98. The Bertz CT molecular complexity index is 190. The molecule has 0 aromatic rings. The van der Waals surface area contributed by atoms with Crippen molar-refractivity contribution >= 4 is 11.8 Å². The maximum absolute atomic E-state index is 9.87. The minimum absolute atomic E-state index is 0.312. The molecule has 0 amide bonds. The highest BCUT2D eigenvalue weighted by Crippen LogP contribution is 2.09. The van der Waals surface area contributed by atoms with Gasteiger partial charge in [0, 0.05) is 0 Å². The Hall–Kier alpha value is -0.860. The number of carbonyl (C=O) groups excluding carboxylic acids is 1. The average Bonchev–Trinajstić information content (AvgIpc) is 2.32. The van der Waals surface area contributed by atoms with Crippen LogP contribution in [0.2, 0.25) is 0 Å². The van der Waals surface area contributed by atoms with E-state index in [0.717, 1.165) is 0 Å². The summed E-state index contributed by atoms with van der Waals surface area (Å²) in [6, 6.07) is 0. The largest absolute Gasteiger partial charge is 0.481 e. The molecule has 0 saturated carbocycles. The summed E-state index contributed by atoms with van der Waals surface area (Å²) < 4.78 is 0. The Morgan fingerprint density at radius 2 is 1.05 bits per heavy atom. The van der Waals surface area contributed by atoms with Crippen molar-refractivity contribution in [3.8, 4) is 0 Å². The van der Waals surface area contributed by atoms with E-state index in [0.29, 0.717) is 0 Å². The first kappa shape index (κ1) is 20.5. The highest BCUT2D eigenvalue weighted by atomic mass is 16.4. The van der Waals surface area contributed by atoms with E-state index in [1.807, 2.05) is 0 Å². The van der Waals surface area contributed by atoms with Crippen molar-refractivity contribution in [3.05, 3.63) is 0 Å². The van der Waals surface area contributed by atoms with E-state index in [1.165, 1.54) is 71.1 Å². The normalized spacial score (nSPS) is 9.63. The first-order valence-electron chi connectivity index (χ1n) is 7.75. The number of unbranched alkanes of at least 4 members (excludes halogenated alkanes) is 9. The molecule has 3 heteroatoms. The van der Waals surface area contributed by atoms with Crippen LogP contribution in [0.1, 0.15) is 91.4 Å². The van der Waals surface area contributed by atoms with Crippen molar-refractivity contribution in [2.75, 3.05) is 0 Å². The van der Waals surface area contributed by atoms with Crippen molar-refractivity contribution in [2.45, 2.75) is 91.4 Å². The fraction of sp³-hybridized carbons (Fsp3) is 0.875. The molecule has 0 radical (unpaired) electrons. The molecule has 0 aliphatic carbocycles.